The van der Waals surface area contributed by atoms with Gasteiger partial charge in [-0.25, -0.2) is 4.98 Å². The second kappa shape index (κ2) is 7.19. The van der Waals surface area contributed by atoms with Crippen LogP contribution in [-0.4, -0.2) is 28.9 Å². The molecule has 25 heavy (non-hydrogen) atoms. The number of aromatic nitrogens is 1. The summed E-state index contributed by atoms with van der Waals surface area (Å²) in [5.74, 6) is 0.281. The highest BCUT2D eigenvalue weighted by Gasteiger charge is 2.21. The first-order chi connectivity index (χ1) is 12.3. The zero-order chi connectivity index (χ0) is 17.1. The highest BCUT2D eigenvalue weighted by molar-refractivity contribution is 7.15. The summed E-state index contributed by atoms with van der Waals surface area (Å²) in [5.41, 5.74) is 3.38. The molecule has 126 valence electrons. The lowest BCUT2D eigenvalue weighted by atomic mass is 10.1. The Balaban J connectivity index is 1.65. The topological polar surface area (TPSA) is 33.2 Å². The SMILES string of the molecule is O=C1CCCN1CCc1nc(-c2ccccc2)c(-c2ccccc2)s1. The molecule has 4 heteroatoms. The van der Waals surface area contributed by atoms with Gasteiger partial charge in [-0.05, 0) is 12.0 Å². The van der Waals surface area contributed by atoms with Crippen LogP contribution in [0.1, 0.15) is 17.8 Å². The van der Waals surface area contributed by atoms with Crippen molar-refractivity contribution in [2.24, 2.45) is 0 Å². The average Bonchev–Trinajstić information content (AvgIpc) is 3.28. The molecule has 3 nitrogen and oxygen atoms in total. The van der Waals surface area contributed by atoms with E-state index in [1.165, 1.54) is 10.4 Å². The van der Waals surface area contributed by atoms with Crippen molar-refractivity contribution in [2.45, 2.75) is 19.3 Å². The molecular weight excluding hydrogens is 328 g/mol. The maximum absolute atomic E-state index is 11.8. The number of amides is 1. The molecule has 2 aromatic carbocycles. The van der Waals surface area contributed by atoms with Gasteiger partial charge in [0.25, 0.3) is 0 Å². The molecule has 0 unspecified atom stereocenters. The normalized spacial score (nSPS) is 14.2. The van der Waals surface area contributed by atoms with Gasteiger partial charge in [0, 0.05) is 31.5 Å². The Morgan fingerprint density at radius 1 is 0.960 bits per heavy atom. The number of likely N-dealkylation sites (tertiary alicyclic amines) is 1. The van der Waals surface area contributed by atoms with Crippen molar-refractivity contribution in [3.05, 3.63) is 65.7 Å². The molecule has 0 saturated carbocycles. The maximum Gasteiger partial charge on any atom is 0.222 e. The van der Waals surface area contributed by atoms with E-state index in [9.17, 15) is 4.79 Å². The van der Waals surface area contributed by atoms with E-state index in [-0.39, 0.29) is 5.91 Å². The number of hydrogen-bond acceptors (Lipinski definition) is 3. The largest absolute Gasteiger partial charge is 0.342 e. The number of rotatable bonds is 5. The van der Waals surface area contributed by atoms with Crippen LogP contribution >= 0.6 is 11.3 Å². The Morgan fingerprint density at radius 2 is 1.64 bits per heavy atom. The molecule has 0 atom stereocenters. The Morgan fingerprint density at radius 3 is 2.28 bits per heavy atom. The molecule has 1 aromatic heterocycles. The van der Waals surface area contributed by atoms with Crippen molar-refractivity contribution in [2.75, 3.05) is 13.1 Å². The Bertz CT molecular complexity index is 801. The van der Waals surface area contributed by atoms with Crippen molar-refractivity contribution in [3.8, 4) is 21.7 Å². The molecule has 1 amide bonds. The molecule has 0 aliphatic carbocycles. The van der Waals surface area contributed by atoms with Crippen molar-refractivity contribution in [3.63, 3.8) is 0 Å². The van der Waals surface area contributed by atoms with Crippen LogP contribution in [0.5, 0.6) is 0 Å². The Hall–Kier alpha value is -2.46. The van der Waals surface area contributed by atoms with E-state index in [0.717, 1.165) is 42.2 Å². The van der Waals surface area contributed by atoms with Gasteiger partial charge < -0.3 is 4.90 Å². The van der Waals surface area contributed by atoms with E-state index in [1.54, 1.807) is 11.3 Å². The number of nitrogens with zero attached hydrogens (tertiary/aromatic N) is 2. The van der Waals surface area contributed by atoms with Gasteiger partial charge in [-0.15, -0.1) is 11.3 Å². The number of benzene rings is 2. The van der Waals surface area contributed by atoms with E-state index in [1.807, 2.05) is 29.2 Å². The zero-order valence-electron chi connectivity index (χ0n) is 14.0. The summed E-state index contributed by atoms with van der Waals surface area (Å²) in [4.78, 5) is 19.9. The van der Waals surface area contributed by atoms with Crippen LogP contribution < -0.4 is 0 Å². The molecule has 1 aliphatic rings. The molecule has 0 radical (unpaired) electrons. The van der Waals surface area contributed by atoms with Gasteiger partial charge in [0.05, 0.1) is 15.6 Å². The fourth-order valence-electron chi connectivity index (χ4n) is 3.22. The molecule has 2 heterocycles. The summed E-state index contributed by atoms with van der Waals surface area (Å²) < 4.78 is 0. The second-order valence-electron chi connectivity index (χ2n) is 6.25. The number of hydrogen-bond donors (Lipinski definition) is 0. The summed E-state index contributed by atoms with van der Waals surface area (Å²) in [6.45, 7) is 1.66. The van der Waals surface area contributed by atoms with Crippen molar-refractivity contribution >= 4 is 17.2 Å². The minimum Gasteiger partial charge on any atom is -0.342 e. The molecule has 1 fully saturated rings. The molecule has 4 rings (SSSR count). The van der Waals surface area contributed by atoms with Crippen LogP contribution in [0.25, 0.3) is 21.7 Å². The van der Waals surface area contributed by atoms with E-state index >= 15 is 0 Å². The smallest absolute Gasteiger partial charge is 0.222 e. The van der Waals surface area contributed by atoms with E-state index in [0.29, 0.717) is 6.42 Å². The standard InChI is InChI=1S/C21H20N2OS/c24-19-12-7-14-23(19)15-13-18-22-20(16-8-3-1-4-9-16)21(25-18)17-10-5-2-6-11-17/h1-6,8-11H,7,12-15H2. The third kappa shape index (κ3) is 3.49. The van der Waals surface area contributed by atoms with Crippen LogP contribution in [0, 0.1) is 0 Å². The lowest BCUT2D eigenvalue weighted by Gasteiger charge is -2.13. The molecule has 1 saturated heterocycles. The van der Waals surface area contributed by atoms with Gasteiger partial charge >= 0.3 is 0 Å². The van der Waals surface area contributed by atoms with Crippen LogP contribution in [-0.2, 0) is 11.2 Å². The van der Waals surface area contributed by atoms with Gasteiger partial charge in [-0.1, -0.05) is 60.7 Å². The summed E-state index contributed by atoms with van der Waals surface area (Å²) in [6, 6.07) is 20.8. The van der Waals surface area contributed by atoms with Gasteiger partial charge in [0.1, 0.15) is 0 Å². The average molecular weight is 348 g/mol. The van der Waals surface area contributed by atoms with E-state index in [4.69, 9.17) is 4.98 Å². The molecular formula is C21H20N2OS. The summed E-state index contributed by atoms with van der Waals surface area (Å²) in [5, 5.41) is 1.09. The highest BCUT2D eigenvalue weighted by Crippen LogP contribution is 2.37. The first-order valence-electron chi connectivity index (χ1n) is 8.69. The van der Waals surface area contributed by atoms with Gasteiger partial charge in [-0.2, -0.15) is 0 Å². The van der Waals surface area contributed by atoms with Crippen molar-refractivity contribution < 1.29 is 4.79 Å². The van der Waals surface area contributed by atoms with Crippen LogP contribution in [0.2, 0.25) is 0 Å². The third-order valence-corrected chi connectivity index (χ3v) is 5.69. The molecule has 1 aliphatic heterocycles. The monoisotopic (exact) mass is 348 g/mol. The molecule has 0 spiro atoms. The lowest BCUT2D eigenvalue weighted by Crippen LogP contribution is -2.26. The van der Waals surface area contributed by atoms with Gasteiger partial charge in [-0.3, -0.25) is 4.79 Å². The zero-order valence-corrected chi connectivity index (χ0v) is 14.8. The van der Waals surface area contributed by atoms with Crippen LogP contribution in [0.4, 0.5) is 0 Å². The van der Waals surface area contributed by atoms with Crippen molar-refractivity contribution in [1.82, 2.24) is 9.88 Å². The van der Waals surface area contributed by atoms with Crippen LogP contribution in [0.3, 0.4) is 0 Å². The quantitative estimate of drug-likeness (QED) is 0.673. The number of carbonyl (C=O) groups excluding carboxylic acids is 1. The fourth-order valence-corrected chi connectivity index (χ4v) is 4.30. The Kier molecular flexibility index (Phi) is 4.61. The second-order valence-corrected chi connectivity index (χ2v) is 7.34. The van der Waals surface area contributed by atoms with Gasteiger partial charge in [0.15, 0.2) is 0 Å². The molecule has 0 bridgehead atoms. The Labute approximate surface area is 152 Å². The van der Waals surface area contributed by atoms with Crippen molar-refractivity contribution in [1.29, 1.82) is 0 Å². The highest BCUT2D eigenvalue weighted by atomic mass is 32.1. The van der Waals surface area contributed by atoms with Crippen LogP contribution in [0.15, 0.2) is 60.7 Å². The van der Waals surface area contributed by atoms with E-state index < -0.39 is 0 Å². The fraction of sp³-hybridized carbons (Fsp3) is 0.238. The third-order valence-electron chi connectivity index (χ3n) is 4.52. The van der Waals surface area contributed by atoms with E-state index in [2.05, 4.69) is 36.4 Å². The summed E-state index contributed by atoms with van der Waals surface area (Å²) in [6.07, 6.45) is 2.51. The number of thiazole rings is 1. The number of carbonyl (C=O) groups is 1. The summed E-state index contributed by atoms with van der Waals surface area (Å²) >= 11 is 1.74. The minimum atomic E-state index is 0.281. The summed E-state index contributed by atoms with van der Waals surface area (Å²) in [7, 11) is 0. The first kappa shape index (κ1) is 16.0. The lowest BCUT2D eigenvalue weighted by molar-refractivity contribution is -0.127. The molecule has 3 aromatic rings. The predicted molar refractivity (Wildman–Crippen MR) is 103 cm³/mol. The van der Waals surface area contributed by atoms with Gasteiger partial charge in [0.2, 0.25) is 5.91 Å². The maximum atomic E-state index is 11.8. The minimum absolute atomic E-state index is 0.281. The molecule has 0 N–H and O–H groups in total. The predicted octanol–water partition coefficient (Wildman–Crippen LogP) is 4.64. The first-order valence-corrected chi connectivity index (χ1v) is 9.51.